The Kier molecular flexibility index (Phi) is 3.34. The summed E-state index contributed by atoms with van der Waals surface area (Å²) in [7, 11) is 0. The van der Waals surface area contributed by atoms with E-state index in [0.717, 1.165) is 6.07 Å². The molecule has 0 amide bonds. The molecule has 0 saturated carbocycles. The third-order valence-electron chi connectivity index (χ3n) is 2.48. The molecule has 0 saturated heterocycles. The van der Waals surface area contributed by atoms with Crippen LogP contribution < -0.4 is 0 Å². The molecule has 0 aliphatic rings. The van der Waals surface area contributed by atoms with E-state index in [0.29, 0.717) is 5.56 Å². The highest BCUT2D eigenvalue weighted by Gasteiger charge is 2.34. The normalized spacial score (nSPS) is 11.6. The monoisotopic (exact) mass is 253 g/mol. The largest absolute Gasteiger partial charge is 0.418 e. The summed E-state index contributed by atoms with van der Waals surface area (Å²) in [6.07, 6.45) is -3.25. The molecule has 0 aliphatic carbocycles. The molecule has 0 bridgehead atoms. The summed E-state index contributed by atoms with van der Waals surface area (Å²) >= 11 is 0. The van der Waals surface area contributed by atoms with Crippen LogP contribution in [0.4, 0.5) is 13.2 Å². The van der Waals surface area contributed by atoms with Gasteiger partial charge in [0.1, 0.15) is 0 Å². The second-order valence-electron chi connectivity index (χ2n) is 3.76. The van der Waals surface area contributed by atoms with Crippen molar-refractivity contribution in [1.29, 1.82) is 0 Å². The average molecular weight is 253 g/mol. The van der Waals surface area contributed by atoms with Gasteiger partial charge in [0.15, 0.2) is 0 Å². The maximum Gasteiger partial charge on any atom is 0.418 e. The van der Waals surface area contributed by atoms with Gasteiger partial charge in [0.2, 0.25) is 0 Å². The zero-order valence-electron chi connectivity index (χ0n) is 9.28. The van der Waals surface area contributed by atoms with Crippen LogP contribution in [-0.4, -0.2) is 10.1 Å². The van der Waals surface area contributed by atoms with E-state index in [9.17, 15) is 13.2 Å². The summed E-state index contributed by atoms with van der Waals surface area (Å²) in [4.78, 5) is 3.81. The van der Waals surface area contributed by atoms with Crippen LogP contribution in [0.5, 0.6) is 0 Å². The van der Waals surface area contributed by atoms with E-state index in [2.05, 4.69) is 4.98 Å². The van der Waals surface area contributed by atoms with Gasteiger partial charge in [-0.05, 0) is 11.6 Å². The molecular weight excluding hydrogens is 243 g/mol. The fourth-order valence-electron chi connectivity index (χ4n) is 1.64. The van der Waals surface area contributed by atoms with Crippen molar-refractivity contribution in [2.24, 2.45) is 0 Å². The number of halogens is 3. The van der Waals surface area contributed by atoms with Gasteiger partial charge in [-0.1, -0.05) is 30.3 Å². The van der Waals surface area contributed by atoms with Crippen LogP contribution in [0, 0.1) is 0 Å². The summed E-state index contributed by atoms with van der Waals surface area (Å²) in [5, 5.41) is 8.88. The molecule has 1 heterocycles. The van der Waals surface area contributed by atoms with Crippen molar-refractivity contribution in [2.45, 2.75) is 12.8 Å². The van der Waals surface area contributed by atoms with Crippen molar-refractivity contribution in [2.75, 3.05) is 0 Å². The summed E-state index contributed by atoms with van der Waals surface area (Å²) in [5.74, 6) is 0. The molecular formula is C13H10F3NO. The molecule has 94 valence electrons. The third kappa shape index (κ3) is 2.51. The quantitative estimate of drug-likeness (QED) is 0.891. The van der Waals surface area contributed by atoms with Crippen LogP contribution in [-0.2, 0) is 12.8 Å². The zero-order valence-corrected chi connectivity index (χ0v) is 9.28. The molecule has 1 aromatic carbocycles. The first-order valence-corrected chi connectivity index (χ1v) is 5.25. The number of aliphatic hydroxyl groups is 1. The van der Waals surface area contributed by atoms with E-state index in [-0.39, 0.29) is 11.3 Å². The standard InChI is InChI=1S/C13H10F3NO/c14-13(15,16)11-6-9(8-18)7-17-12(11)10-4-2-1-3-5-10/h1-7,18H,8H2. The molecule has 0 fully saturated rings. The lowest BCUT2D eigenvalue weighted by Gasteiger charge is -2.13. The van der Waals surface area contributed by atoms with E-state index in [1.165, 1.54) is 6.20 Å². The van der Waals surface area contributed by atoms with E-state index < -0.39 is 18.3 Å². The second kappa shape index (κ2) is 4.78. The predicted molar refractivity (Wildman–Crippen MR) is 60.6 cm³/mol. The van der Waals surface area contributed by atoms with Crippen molar-refractivity contribution in [1.82, 2.24) is 4.98 Å². The van der Waals surface area contributed by atoms with E-state index in [1.807, 2.05) is 0 Å². The summed E-state index contributed by atoms with van der Waals surface area (Å²) < 4.78 is 38.8. The van der Waals surface area contributed by atoms with Gasteiger partial charge in [0.05, 0.1) is 17.9 Å². The lowest BCUT2D eigenvalue weighted by molar-refractivity contribution is -0.137. The number of rotatable bonds is 2. The third-order valence-corrected chi connectivity index (χ3v) is 2.48. The Hall–Kier alpha value is -1.88. The first-order chi connectivity index (χ1) is 8.52. The lowest BCUT2D eigenvalue weighted by atomic mass is 10.0. The minimum Gasteiger partial charge on any atom is -0.392 e. The number of pyridine rings is 1. The van der Waals surface area contributed by atoms with Crippen LogP contribution in [0.3, 0.4) is 0 Å². The molecule has 0 unspecified atom stereocenters. The summed E-state index contributed by atoms with van der Waals surface area (Å²) in [6.45, 7) is -0.467. The molecule has 0 spiro atoms. The highest BCUT2D eigenvalue weighted by atomic mass is 19.4. The minimum absolute atomic E-state index is 0.125. The maximum atomic E-state index is 12.9. The number of hydrogen-bond acceptors (Lipinski definition) is 2. The zero-order chi connectivity index (χ0) is 13.2. The van der Waals surface area contributed by atoms with Crippen LogP contribution in [0.25, 0.3) is 11.3 Å². The highest BCUT2D eigenvalue weighted by molar-refractivity contribution is 5.63. The summed E-state index contributed by atoms with van der Waals surface area (Å²) in [6, 6.07) is 9.08. The Morgan fingerprint density at radius 1 is 1.11 bits per heavy atom. The molecule has 0 atom stereocenters. The molecule has 18 heavy (non-hydrogen) atoms. The first-order valence-electron chi connectivity index (χ1n) is 5.25. The van der Waals surface area contributed by atoms with E-state index >= 15 is 0 Å². The lowest BCUT2D eigenvalue weighted by Crippen LogP contribution is -2.09. The molecule has 2 rings (SSSR count). The topological polar surface area (TPSA) is 33.1 Å². The Morgan fingerprint density at radius 2 is 1.78 bits per heavy atom. The van der Waals surface area contributed by atoms with Crippen molar-refractivity contribution >= 4 is 0 Å². The molecule has 0 radical (unpaired) electrons. The van der Waals surface area contributed by atoms with Gasteiger partial charge in [-0.25, -0.2) is 0 Å². The van der Waals surface area contributed by atoms with Crippen molar-refractivity contribution < 1.29 is 18.3 Å². The molecule has 1 N–H and O–H groups in total. The molecule has 2 aromatic rings. The van der Waals surface area contributed by atoms with Gasteiger partial charge in [-0.2, -0.15) is 13.2 Å². The van der Waals surface area contributed by atoms with Gasteiger partial charge in [0, 0.05) is 11.8 Å². The second-order valence-corrected chi connectivity index (χ2v) is 3.76. The van der Waals surface area contributed by atoms with E-state index in [1.54, 1.807) is 30.3 Å². The fourth-order valence-corrected chi connectivity index (χ4v) is 1.64. The number of nitrogens with zero attached hydrogens (tertiary/aromatic N) is 1. The Labute approximate surface area is 102 Å². The van der Waals surface area contributed by atoms with Crippen LogP contribution >= 0.6 is 0 Å². The Morgan fingerprint density at radius 3 is 2.33 bits per heavy atom. The predicted octanol–water partition coefficient (Wildman–Crippen LogP) is 3.26. The molecule has 5 heteroatoms. The number of hydrogen-bond donors (Lipinski definition) is 1. The van der Waals surface area contributed by atoms with Gasteiger partial charge < -0.3 is 5.11 Å². The average Bonchev–Trinajstić information content (AvgIpc) is 2.38. The molecule has 1 aromatic heterocycles. The van der Waals surface area contributed by atoms with Gasteiger partial charge >= 0.3 is 6.18 Å². The van der Waals surface area contributed by atoms with Gasteiger partial charge in [-0.3, -0.25) is 4.98 Å². The van der Waals surface area contributed by atoms with Crippen LogP contribution in [0.2, 0.25) is 0 Å². The van der Waals surface area contributed by atoms with Crippen LogP contribution in [0.1, 0.15) is 11.1 Å². The van der Waals surface area contributed by atoms with Crippen molar-refractivity contribution in [3.8, 4) is 11.3 Å². The van der Waals surface area contributed by atoms with Gasteiger partial charge in [-0.15, -0.1) is 0 Å². The van der Waals surface area contributed by atoms with E-state index in [4.69, 9.17) is 5.11 Å². The maximum absolute atomic E-state index is 12.9. The minimum atomic E-state index is -4.50. The van der Waals surface area contributed by atoms with Gasteiger partial charge in [0.25, 0.3) is 0 Å². The smallest absolute Gasteiger partial charge is 0.392 e. The van der Waals surface area contributed by atoms with Crippen molar-refractivity contribution in [3.63, 3.8) is 0 Å². The fraction of sp³-hybridized carbons (Fsp3) is 0.154. The molecule has 2 nitrogen and oxygen atoms in total. The first kappa shape index (κ1) is 12.6. The number of benzene rings is 1. The Balaban J connectivity index is 2.61. The number of aromatic nitrogens is 1. The number of alkyl halides is 3. The SMILES string of the molecule is OCc1cnc(-c2ccccc2)c(C(F)(F)F)c1. The molecule has 0 aliphatic heterocycles. The summed E-state index contributed by atoms with van der Waals surface area (Å²) in [5.41, 5.74) is -0.420. The Bertz CT molecular complexity index is 538. The van der Waals surface area contributed by atoms with Crippen molar-refractivity contribution in [3.05, 3.63) is 53.7 Å². The number of aliphatic hydroxyl groups excluding tert-OH is 1. The van der Waals surface area contributed by atoms with Crippen LogP contribution in [0.15, 0.2) is 42.6 Å². The highest BCUT2D eigenvalue weighted by Crippen LogP contribution is 2.36.